The highest BCUT2D eigenvalue weighted by Crippen LogP contribution is 2.40. The molecular weight excluding hydrogens is 427 g/mol. The molecule has 0 aliphatic carbocycles. The van der Waals surface area contributed by atoms with Crippen LogP contribution >= 0.6 is 22.2 Å². The van der Waals surface area contributed by atoms with Crippen molar-refractivity contribution < 1.29 is 23.3 Å². The number of hydrogen-bond acceptors (Lipinski definition) is 9. The van der Waals surface area contributed by atoms with Crippen LogP contribution in [-0.4, -0.2) is 73.0 Å². The zero-order valence-corrected chi connectivity index (χ0v) is 17.0. The van der Waals surface area contributed by atoms with Gasteiger partial charge in [-0.05, 0) is 23.4 Å². The maximum atomic E-state index is 13.3. The van der Waals surface area contributed by atoms with Crippen LogP contribution in [0.4, 0.5) is 10.1 Å². The fourth-order valence-electron chi connectivity index (χ4n) is 2.75. The van der Waals surface area contributed by atoms with Crippen LogP contribution in [0.1, 0.15) is 11.4 Å². The van der Waals surface area contributed by atoms with Gasteiger partial charge in [-0.2, -0.15) is 10.6 Å². The van der Waals surface area contributed by atoms with E-state index >= 15 is 0 Å². The number of aromatic nitrogens is 2. The van der Waals surface area contributed by atoms with Crippen LogP contribution in [0.2, 0.25) is 5.02 Å². The monoisotopic (exact) mass is 448 g/mol. The number of nitrogens with zero attached hydrogens (tertiary/aromatic N) is 4. The Balaban J connectivity index is 1.56. The van der Waals surface area contributed by atoms with E-state index in [9.17, 15) is 18.7 Å². The molecule has 5 N–H and O–H groups in total. The van der Waals surface area contributed by atoms with Crippen LogP contribution in [0.3, 0.4) is 0 Å². The van der Waals surface area contributed by atoms with Crippen LogP contribution in [0.15, 0.2) is 27.8 Å². The first-order valence-electron chi connectivity index (χ1n) is 8.80. The average Bonchev–Trinajstić information content (AvgIpc) is 3.15. The Bertz CT molecular complexity index is 858. The van der Waals surface area contributed by atoms with Crippen LogP contribution in [-0.2, 0) is 6.54 Å². The Morgan fingerprint density at radius 3 is 2.76 bits per heavy atom. The molecule has 0 unspecified atom stereocenters. The Kier molecular flexibility index (Phi) is 7.40. The smallest absolute Gasteiger partial charge is 0.182 e. The summed E-state index contributed by atoms with van der Waals surface area (Å²) in [5.41, 5.74) is 2.88. The molecule has 3 rings (SSSR count). The Labute approximate surface area is 173 Å². The topological polar surface area (TPSA) is 139 Å². The van der Waals surface area contributed by atoms with Crippen molar-refractivity contribution in [1.82, 2.24) is 26.0 Å². The predicted octanol–water partition coefficient (Wildman–Crippen LogP) is 2.07. The molecule has 0 spiro atoms. The second-order valence-electron chi connectivity index (χ2n) is 6.46. The molecule has 29 heavy (non-hydrogen) atoms. The summed E-state index contributed by atoms with van der Waals surface area (Å²) in [6, 6.07) is 3.88. The lowest BCUT2D eigenvalue weighted by molar-refractivity contribution is 0.234. The minimum atomic E-state index is -2.40. The summed E-state index contributed by atoms with van der Waals surface area (Å²) in [7, 11) is -2.40. The minimum Gasteiger partial charge on any atom is -0.310 e. The number of rotatable bonds is 7. The van der Waals surface area contributed by atoms with Gasteiger partial charge in [0.15, 0.2) is 11.5 Å². The van der Waals surface area contributed by atoms with Crippen molar-refractivity contribution in [3.05, 3.63) is 40.4 Å². The summed E-state index contributed by atoms with van der Waals surface area (Å²) in [5, 5.41) is 20.1. The minimum absolute atomic E-state index is 0.0213. The van der Waals surface area contributed by atoms with Crippen molar-refractivity contribution >= 4 is 33.7 Å². The summed E-state index contributed by atoms with van der Waals surface area (Å²) in [6.45, 7) is 2.98. The van der Waals surface area contributed by atoms with Crippen molar-refractivity contribution in [3.8, 4) is 0 Å². The Morgan fingerprint density at radius 1 is 1.31 bits per heavy atom. The summed E-state index contributed by atoms with van der Waals surface area (Å²) in [5.74, 6) is 0.210. The average molecular weight is 449 g/mol. The number of aliphatic imine (C=N–C) groups is 1. The van der Waals surface area contributed by atoms with Gasteiger partial charge in [-0.15, -0.1) is 0 Å². The lowest BCUT2D eigenvalue weighted by atomic mass is 10.2. The molecule has 2 heterocycles. The Morgan fingerprint density at radius 2 is 2.07 bits per heavy atom. The fraction of sp³-hybridized carbons (Fsp3) is 0.438. The van der Waals surface area contributed by atoms with Gasteiger partial charge in [0.2, 0.25) is 0 Å². The molecule has 160 valence electrons. The first-order chi connectivity index (χ1) is 13.9. The molecule has 1 fully saturated rings. The molecule has 10 nitrogen and oxygen atoms in total. The van der Waals surface area contributed by atoms with E-state index in [1.165, 1.54) is 18.2 Å². The SMILES string of the molecule is ONC(=Nc1ccc(F)c(Cl)c1)c1nonc1CNCCN1CCS(O)(O)CC1. The quantitative estimate of drug-likeness (QED) is 0.186. The summed E-state index contributed by atoms with van der Waals surface area (Å²) < 4.78 is 37.3. The Hall–Kier alpha value is -1.80. The number of amidine groups is 1. The first kappa shape index (κ1) is 21.9. The van der Waals surface area contributed by atoms with E-state index in [1.54, 1.807) is 0 Å². The van der Waals surface area contributed by atoms with Gasteiger partial charge in [-0.3, -0.25) is 24.7 Å². The summed E-state index contributed by atoms with van der Waals surface area (Å²) >= 11 is 5.75. The first-order valence-corrected chi connectivity index (χ1v) is 11.1. The van der Waals surface area contributed by atoms with Crippen molar-refractivity contribution in [2.24, 2.45) is 4.99 Å². The van der Waals surface area contributed by atoms with Crippen molar-refractivity contribution in [1.29, 1.82) is 0 Å². The molecule has 1 aromatic carbocycles. The standard InChI is InChI=1S/C16H22ClFN6O4S/c17-12-9-11(1-2-13(12)18)20-16(21-25)15-14(22-28-23-15)10-19-3-4-24-5-7-29(26,27)8-6-24/h1-2,9,19,25-27H,3-8,10H2,(H,20,21). The molecule has 0 saturated carbocycles. The highest BCUT2D eigenvalue weighted by Gasteiger charge is 2.22. The van der Waals surface area contributed by atoms with Gasteiger partial charge in [0.1, 0.15) is 11.5 Å². The molecule has 1 saturated heterocycles. The number of nitrogens with one attached hydrogen (secondary N) is 2. The van der Waals surface area contributed by atoms with E-state index in [2.05, 4.69) is 25.5 Å². The molecule has 1 aliphatic rings. The molecular formula is C16H22ClFN6O4S. The number of halogens is 2. The molecule has 0 radical (unpaired) electrons. The van der Waals surface area contributed by atoms with Crippen LogP contribution in [0.25, 0.3) is 0 Å². The maximum Gasteiger partial charge on any atom is 0.182 e. The summed E-state index contributed by atoms with van der Waals surface area (Å²) in [4.78, 5) is 6.30. The van der Waals surface area contributed by atoms with Gasteiger partial charge in [-0.25, -0.2) is 14.0 Å². The lowest BCUT2D eigenvalue weighted by Gasteiger charge is -2.40. The maximum absolute atomic E-state index is 13.3. The largest absolute Gasteiger partial charge is 0.310 e. The highest BCUT2D eigenvalue weighted by molar-refractivity contribution is 8.24. The number of hydrogen-bond donors (Lipinski definition) is 5. The fourth-order valence-corrected chi connectivity index (χ4v) is 4.23. The molecule has 0 atom stereocenters. The van der Waals surface area contributed by atoms with Gasteiger partial charge in [-0.1, -0.05) is 16.8 Å². The zero-order chi connectivity index (χ0) is 20.9. The second-order valence-corrected chi connectivity index (χ2v) is 9.29. The molecule has 13 heteroatoms. The van der Waals surface area contributed by atoms with Gasteiger partial charge < -0.3 is 5.32 Å². The molecule has 1 aromatic heterocycles. The lowest BCUT2D eigenvalue weighted by Crippen LogP contribution is -2.41. The van der Waals surface area contributed by atoms with Gasteiger partial charge in [0, 0.05) is 32.7 Å². The second kappa shape index (κ2) is 9.80. The van der Waals surface area contributed by atoms with E-state index in [1.807, 2.05) is 5.48 Å². The van der Waals surface area contributed by atoms with E-state index in [4.69, 9.17) is 16.2 Å². The molecule has 0 bridgehead atoms. The van der Waals surface area contributed by atoms with Gasteiger partial charge in [0.05, 0.1) is 22.2 Å². The highest BCUT2D eigenvalue weighted by atomic mass is 35.5. The van der Waals surface area contributed by atoms with E-state index < -0.39 is 16.4 Å². The van der Waals surface area contributed by atoms with Crippen LogP contribution in [0.5, 0.6) is 0 Å². The van der Waals surface area contributed by atoms with E-state index in [-0.39, 0.29) is 16.6 Å². The third kappa shape index (κ3) is 6.09. The molecule has 2 aromatic rings. The van der Waals surface area contributed by atoms with E-state index in [0.29, 0.717) is 49.1 Å². The zero-order valence-electron chi connectivity index (χ0n) is 15.4. The van der Waals surface area contributed by atoms with Crippen molar-refractivity contribution in [2.45, 2.75) is 6.54 Å². The van der Waals surface area contributed by atoms with Crippen LogP contribution < -0.4 is 10.8 Å². The van der Waals surface area contributed by atoms with Crippen molar-refractivity contribution in [2.75, 3.05) is 37.7 Å². The molecule has 1 aliphatic heterocycles. The van der Waals surface area contributed by atoms with Gasteiger partial charge >= 0.3 is 0 Å². The van der Waals surface area contributed by atoms with Crippen molar-refractivity contribution in [3.63, 3.8) is 0 Å². The van der Waals surface area contributed by atoms with Crippen LogP contribution in [0, 0.1) is 5.82 Å². The number of hydroxylamine groups is 1. The molecule has 0 amide bonds. The third-order valence-electron chi connectivity index (χ3n) is 4.40. The van der Waals surface area contributed by atoms with Gasteiger partial charge in [0.25, 0.3) is 0 Å². The predicted molar refractivity (Wildman–Crippen MR) is 108 cm³/mol. The summed E-state index contributed by atoms with van der Waals surface area (Å²) in [6.07, 6.45) is 0. The van der Waals surface area contributed by atoms with E-state index in [0.717, 1.165) is 6.54 Å². The normalized spacial score (nSPS) is 18.6. The number of benzene rings is 1. The third-order valence-corrected chi connectivity index (χ3v) is 6.36.